The van der Waals surface area contributed by atoms with Gasteiger partial charge in [0.25, 0.3) is 5.69 Å². The second kappa shape index (κ2) is 9.56. The summed E-state index contributed by atoms with van der Waals surface area (Å²) in [7, 11) is -3.90. The van der Waals surface area contributed by atoms with Gasteiger partial charge in [0.1, 0.15) is 6.04 Å². The van der Waals surface area contributed by atoms with E-state index in [-0.39, 0.29) is 11.4 Å². The second-order valence-electron chi connectivity index (χ2n) is 8.05. The molecule has 2 aromatic carbocycles. The van der Waals surface area contributed by atoms with E-state index in [1.807, 2.05) is 12.1 Å². The Balaban J connectivity index is 1.81. The van der Waals surface area contributed by atoms with E-state index in [0.29, 0.717) is 11.3 Å². The Bertz CT molecular complexity index is 1100. The van der Waals surface area contributed by atoms with Gasteiger partial charge in [-0.2, -0.15) is 0 Å². The molecule has 1 heterocycles. The molecule has 0 spiro atoms. The van der Waals surface area contributed by atoms with Gasteiger partial charge >= 0.3 is 0 Å². The fraction of sp³-hybridized carbons (Fsp3) is 0.409. The van der Waals surface area contributed by atoms with Crippen molar-refractivity contribution in [3.8, 4) is 0 Å². The van der Waals surface area contributed by atoms with E-state index < -0.39 is 26.9 Å². The van der Waals surface area contributed by atoms with Crippen LogP contribution in [-0.2, 0) is 14.8 Å². The molecule has 0 bridgehead atoms. The molecular weight excluding hydrogens is 432 g/mol. The lowest BCUT2D eigenvalue weighted by Gasteiger charge is -2.30. The fourth-order valence-electron chi connectivity index (χ4n) is 3.88. The zero-order valence-corrected chi connectivity index (χ0v) is 19.3. The van der Waals surface area contributed by atoms with Gasteiger partial charge in [-0.3, -0.25) is 19.2 Å². The second-order valence-corrected chi connectivity index (χ2v) is 9.91. The first-order valence-corrected chi connectivity index (χ1v) is 12.3. The highest BCUT2D eigenvalue weighted by atomic mass is 32.2. The molecule has 10 heteroatoms. The molecule has 172 valence electrons. The van der Waals surface area contributed by atoms with Gasteiger partial charge in [-0.25, -0.2) is 8.42 Å². The van der Waals surface area contributed by atoms with E-state index in [1.54, 1.807) is 19.1 Å². The molecule has 0 saturated carbocycles. The number of sulfonamides is 1. The van der Waals surface area contributed by atoms with Crippen LogP contribution in [0, 0.1) is 17.0 Å². The zero-order chi connectivity index (χ0) is 23.5. The molecule has 0 aliphatic carbocycles. The molecule has 1 aliphatic heterocycles. The molecule has 0 radical (unpaired) electrons. The number of nitrogens with zero attached hydrogens (tertiary/aromatic N) is 3. The van der Waals surface area contributed by atoms with E-state index in [0.717, 1.165) is 42.2 Å². The minimum Gasteiger partial charge on any atom is -0.372 e. The number of aryl methyl sites for hydroxylation is 1. The lowest BCUT2D eigenvalue weighted by Crippen LogP contribution is -2.45. The summed E-state index contributed by atoms with van der Waals surface area (Å²) in [4.78, 5) is 25.8. The molecule has 9 nitrogen and oxygen atoms in total. The minimum atomic E-state index is -3.90. The third-order valence-electron chi connectivity index (χ3n) is 5.59. The molecule has 3 rings (SSSR count). The normalized spacial score (nSPS) is 15.2. The van der Waals surface area contributed by atoms with Gasteiger partial charge < -0.3 is 10.2 Å². The summed E-state index contributed by atoms with van der Waals surface area (Å²) in [5, 5.41) is 13.9. The van der Waals surface area contributed by atoms with Gasteiger partial charge in [0.15, 0.2) is 0 Å². The van der Waals surface area contributed by atoms with Crippen LogP contribution in [0.5, 0.6) is 0 Å². The Morgan fingerprint density at radius 1 is 1.12 bits per heavy atom. The van der Waals surface area contributed by atoms with E-state index in [2.05, 4.69) is 10.2 Å². The monoisotopic (exact) mass is 460 g/mol. The number of non-ortho nitro benzene ring substituents is 1. The number of hydrogen-bond donors (Lipinski definition) is 1. The van der Waals surface area contributed by atoms with Crippen LogP contribution in [-0.4, -0.2) is 44.6 Å². The van der Waals surface area contributed by atoms with Crippen LogP contribution in [0.4, 0.5) is 22.7 Å². The van der Waals surface area contributed by atoms with Crippen molar-refractivity contribution < 1.29 is 18.1 Å². The average Bonchev–Trinajstić information content (AvgIpc) is 2.75. The lowest BCUT2D eigenvalue weighted by molar-refractivity contribution is -0.384. The Hall–Kier alpha value is -3.14. The average molecular weight is 461 g/mol. The van der Waals surface area contributed by atoms with Gasteiger partial charge in [0.05, 0.1) is 16.9 Å². The highest BCUT2D eigenvalue weighted by Gasteiger charge is 2.31. The summed E-state index contributed by atoms with van der Waals surface area (Å²) >= 11 is 0. The number of benzene rings is 2. The van der Waals surface area contributed by atoms with Crippen LogP contribution in [0.2, 0.25) is 0 Å². The third-order valence-corrected chi connectivity index (χ3v) is 6.81. The molecule has 0 unspecified atom stereocenters. The number of amides is 1. The molecule has 1 fully saturated rings. The summed E-state index contributed by atoms with van der Waals surface area (Å²) in [5.74, 6) is -0.535. The Kier molecular flexibility index (Phi) is 7.02. The molecule has 32 heavy (non-hydrogen) atoms. The maximum atomic E-state index is 12.9. The van der Waals surface area contributed by atoms with Crippen molar-refractivity contribution in [2.24, 2.45) is 0 Å². The number of nitro benzene ring substituents is 1. The molecule has 1 amide bonds. The maximum absolute atomic E-state index is 12.9. The van der Waals surface area contributed by atoms with Gasteiger partial charge in [0, 0.05) is 36.6 Å². The standard InChI is InChI=1S/C22H28N4O5S/c1-16-7-10-20(26(28)29)15-21(16)25(32(3,30)31)17(2)22(27)23-18-8-11-19(12-9-18)24-13-5-4-6-14-24/h7-12,15,17H,4-6,13-14H2,1-3H3,(H,23,27)/t17-/m1/s1. The van der Waals surface area contributed by atoms with Gasteiger partial charge in [-0.05, 0) is 62.9 Å². The zero-order valence-electron chi connectivity index (χ0n) is 18.4. The number of carbonyl (C=O) groups excluding carboxylic acids is 1. The van der Waals surface area contributed by atoms with Crippen molar-refractivity contribution in [1.82, 2.24) is 0 Å². The number of hydrogen-bond acceptors (Lipinski definition) is 6. The molecule has 1 saturated heterocycles. The van der Waals surface area contributed by atoms with E-state index in [9.17, 15) is 23.3 Å². The topological polar surface area (TPSA) is 113 Å². The number of carbonyl (C=O) groups is 1. The van der Waals surface area contributed by atoms with Crippen LogP contribution < -0.4 is 14.5 Å². The first-order valence-electron chi connectivity index (χ1n) is 10.5. The summed E-state index contributed by atoms with van der Waals surface area (Å²) in [6.45, 7) is 5.11. The fourth-order valence-corrected chi connectivity index (χ4v) is 5.11. The first kappa shape index (κ1) is 23.5. The molecule has 1 aliphatic rings. The van der Waals surface area contributed by atoms with Crippen molar-refractivity contribution in [2.75, 3.05) is 33.9 Å². The highest BCUT2D eigenvalue weighted by Crippen LogP contribution is 2.30. The number of rotatable bonds is 7. The van der Waals surface area contributed by atoms with Crippen LogP contribution in [0.25, 0.3) is 0 Å². The summed E-state index contributed by atoms with van der Waals surface area (Å²) in [5.41, 5.74) is 1.99. The number of anilines is 3. The molecule has 1 N–H and O–H groups in total. The van der Waals surface area contributed by atoms with Crippen LogP contribution in [0.15, 0.2) is 42.5 Å². The van der Waals surface area contributed by atoms with Crippen LogP contribution in [0.1, 0.15) is 31.7 Å². The summed E-state index contributed by atoms with van der Waals surface area (Å²) in [6, 6.07) is 10.3. The Morgan fingerprint density at radius 2 is 1.75 bits per heavy atom. The van der Waals surface area contributed by atoms with Crippen molar-refractivity contribution in [3.05, 3.63) is 58.1 Å². The summed E-state index contributed by atoms with van der Waals surface area (Å²) in [6.07, 6.45) is 4.54. The molecule has 1 atom stereocenters. The van der Waals surface area contributed by atoms with Crippen LogP contribution in [0.3, 0.4) is 0 Å². The predicted octanol–water partition coefficient (Wildman–Crippen LogP) is 3.69. The minimum absolute atomic E-state index is 0.102. The van der Waals surface area contributed by atoms with Gasteiger partial charge in [0.2, 0.25) is 15.9 Å². The first-order chi connectivity index (χ1) is 15.1. The van der Waals surface area contributed by atoms with Gasteiger partial charge in [-0.15, -0.1) is 0 Å². The van der Waals surface area contributed by atoms with E-state index in [4.69, 9.17) is 0 Å². The number of nitro groups is 1. The highest BCUT2D eigenvalue weighted by molar-refractivity contribution is 7.92. The van der Waals surface area contributed by atoms with Gasteiger partial charge in [-0.1, -0.05) is 6.07 Å². The maximum Gasteiger partial charge on any atom is 0.271 e. The molecular formula is C22H28N4O5S. The smallest absolute Gasteiger partial charge is 0.271 e. The number of nitrogens with one attached hydrogen (secondary N) is 1. The lowest BCUT2D eigenvalue weighted by atomic mass is 10.1. The Labute approximate surface area is 188 Å². The predicted molar refractivity (Wildman–Crippen MR) is 126 cm³/mol. The quantitative estimate of drug-likeness (QED) is 0.498. The Morgan fingerprint density at radius 3 is 2.31 bits per heavy atom. The van der Waals surface area contributed by atoms with Crippen molar-refractivity contribution >= 4 is 38.7 Å². The molecule has 0 aromatic heterocycles. The van der Waals surface area contributed by atoms with Crippen molar-refractivity contribution in [3.63, 3.8) is 0 Å². The third kappa shape index (κ3) is 5.37. The summed E-state index contributed by atoms with van der Waals surface area (Å²) < 4.78 is 26.0. The van der Waals surface area contributed by atoms with E-state index in [1.165, 1.54) is 31.5 Å². The number of piperidine rings is 1. The SMILES string of the molecule is Cc1ccc([N+](=O)[O-])cc1N([C@H](C)C(=O)Nc1ccc(N2CCCCC2)cc1)S(C)(=O)=O. The largest absolute Gasteiger partial charge is 0.372 e. The molecule has 2 aromatic rings. The van der Waals surface area contributed by atoms with E-state index >= 15 is 0 Å². The van der Waals surface area contributed by atoms with Crippen molar-refractivity contribution in [1.29, 1.82) is 0 Å². The van der Waals surface area contributed by atoms with Crippen LogP contribution >= 0.6 is 0 Å². The van der Waals surface area contributed by atoms with Crippen molar-refractivity contribution in [2.45, 2.75) is 39.2 Å².